The minimum Gasteiger partial charge on any atom is -0.346 e. The summed E-state index contributed by atoms with van der Waals surface area (Å²) in [5.74, 6) is -0.134. The van der Waals surface area contributed by atoms with Crippen LogP contribution in [0, 0.1) is 0 Å². The summed E-state index contributed by atoms with van der Waals surface area (Å²) < 4.78 is 2.70. The van der Waals surface area contributed by atoms with E-state index < -0.39 is 0 Å². The number of carbonyl (C=O) groups is 1. The average molecular weight is 341 g/mol. The van der Waals surface area contributed by atoms with Crippen molar-refractivity contribution in [2.24, 2.45) is 0 Å². The molecule has 4 rings (SSSR count). The molecule has 3 aromatic heterocycles. The Hall–Kier alpha value is -2.58. The van der Waals surface area contributed by atoms with Crippen LogP contribution in [0.15, 0.2) is 46.7 Å². The fourth-order valence-electron chi connectivity index (χ4n) is 2.16. The molecule has 0 unspecified atom stereocenters. The van der Waals surface area contributed by atoms with Crippen LogP contribution in [0.4, 0.5) is 0 Å². The fraction of sp³-hybridized carbons (Fsp3) is 0.0667. The number of nitrogens with one attached hydrogen (secondary N) is 1. The second-order valence-corrected chi connectivity index (χ2v) is 6.52. The molecule has 0 saturated carbocycles. The van der Waals surface area contributed by atoms with Crippen LogP contribution in [0.5, 0.6) is 0 Å². The highest BCUT2D eigenvalue weighted by molar-refractivity contribution is 7.16. The standard InChI is InChI=1S/C15H11N5OS2/c21-15(10-1-2-13-14(5-10)23-9-17-13)16-6-11-7-20(19-18-11)12-3-4-22-8-12/h1-5,7-9H,6H2,(H,16,21). The number of amides is 1. The van der Waals surface area contributed by atoms with Gasteiger partial charge in [0.05, 0.1) is 34.2 Å². The summed E-state index contributed by atoms with van der Waals surface area (Å²) in [4.78, 5) is 16.4. The normalized spacial score (nSPS) is 11.0. The molecular formula is C15H11N5OS2. The fourth-order valence-corrected chi connectivity index (χ4v) is 3.50. The van der Waals surface area contributed by atoms with Gasteiger partial charge in [0.15, 0.2) is 0 Å². The highest BCUT2D eigenvalue weighted by Crippen LogP contribution is 2.19. The van der Waals surface area contributed by atoms with E-state index in [9.17, 15) is 4.79 Å². The maximum Gasteiger partial charge on any atom is 0.251 e. The van der Waals surface area contributed by atoms with E-state index in [0.717, 1.165) is 15.9 Å². The van der Waals surface area contributed by atoms with Gasteiger partial charge in [0.25, 0.3) is 5.91 Å². The molecule has 1 amide bonds. The largest absolute Gasteiger partial charge is 0.346 e. The lowest BCUT2D eigenvalue weighted by atomic mass is 10.2. The van der Waals surface area contributed by atoms with Gasteiger partial charge in [0, 0.05) is 10.9 Å². The summed E-state index contributed by atoms with van der Waals surface area (Å²) in [5, 5.41) is 15.0. The van der Waals surface area contributed by atoms with Crippen LogP contribution in [-0.2, 0) is 6.54 Å². The third-order valence-corrected chi connectivity index (χ3v) is 4.80. The van der Waals surface area contributed by atoms with Crippen LogP contribution in [0.25, 0.3) is 15.9 Å². The van der Waals surface area contributed by atoms with Gasteiger partial charge in [-0.25, -0.2) is 9.67 Å². The molecule has 8 heteroatoms. The van der Waals surface area contributed by atoms with Crippen molar-refractivity contribution in [2.45, 2.75) is 6.54 Å². The number of nitrogens with zero attached hydrogens (tertiary/aromatic N) is 4. The van der Waals surface area contributed by atoms with Crippen molar-refractivity contribution >= 4 is 38.8 Å². The first kappa shape index (κ1) is 14.0. The Balaban J connectivity index is 1.45. The molecule has 3 heterocycles. The van der Waals surface area contributed by atoms with E-state index >= 15 is 0 Å². The predicted octanol–water partition coefficient (Wildman–Crippen LogP) is 2.87. The van der Waals surface area contributed by atoms with E-state index in [2.05, 4.69) is 20.6 Å². The Morgan fingerprint density at radius 3 is 3.13 bits per heavy atom. The number of fused-ring (bicyclic) bond motifs is 1. The average Bonchev–Trinajstić information content (AvgIpc) is 3.32. The third-order valence-electron chi connectivity index (χ3n) is 3.34. The molecule has 0 aliphatic carbocycles. The summed E-state index contributed by atoms with van der Waals surface area (Å²) >= 11 is 3.12. The van der Waals surface area contributed by atoms with Crippen molar-refractivity contribution in [3.8, 4) is 5.69 Å². The monoisotopic (exact) mass is 341 g/mol. The maximum atomic E-state index is 12.2. The molecule has 0 bridgehead atoms. The molecule has 0 aliphatic rings. The van der Waals surface area contributed by atoms with Crippen molar-refractivity contribution < 1.29 is 4.79 Å². The number of rotatable bonds is 4. The van der Waals surface area contributed by atoms with Crippen LogP contribution in [0.2, 0.25) is 0 Å². The predicted molar refractivity (Wildman–Crippen MR) is 90.0 cm³/mol. The smallest absolute Gasteiger partial charge is 0.251 e. The second-order valence-electron chi connectivity index (χ2n) is 4.85. The van der Waals surface area contributed by atoms with Gasteiger partial charge in [-0.05, 0) is 29.6 Å². The molecule has 23 heavy (non-hydrogen) atoms. The Labute approximate surface area is 139 Å². The van der Waals surface area contributed by atoms with Crippen LogP contribution >= 0.6 is 22.7 Å². The molecule has 0 fully saturated rings. The van der Waals surface area contributed by atoms with Crippen LogP contribution in [0.1, 0.15) is 16.1 Å². The van der Waals surface area contributed by atoms with Gasteiger partial charge < -0.3 is 5.32 Å². The zero-order valence-corrected chi connectivity index (χ0v) is 13.5. The van der Waals surface area contributed by atoms with E-state index in [1.54, 1.807) is 27.6 Å². The van der Waals surface area contributed by atoms with E-state index in [1.165, 1.54) is 11.3 Å². The zero-order valence-electron chi connectivity index (χ0n) is 11.8. The zero-order chi connectivity index (χ0) is 15.6. The van der Waals surface area contributed by atoms with E-state index in [1.807, 2.05) is 35.2 Å². The number of thiophene rings is 1. The highest BCUT2D eigenvalue weighted by Gasteiger charge is 2.09. The minimum absolute atomic E-state index is 0.134. The molecule has 114 valence electrons. The molecule has 0 aliphatic heterocycles. The number of hydrogen-bond donors (Lipinski definition) is 1. The summed E-state index contributed by atoms with van der Waals surface area (Å²) in [6, 6.07) is 7.45. The maximum absolute atomic E-state index is 12.2. The van der Waals surface area contributed by atoms with Crippen LogP contribution in [0.3, 0.4) is 0 Å². The summed E-state index contributed by atoms with van der Waals surface area (Å²) in [5.41, 5.74) is 4.98. The summed E-state index contributed by atoms with van der Waals surface area (Å²) in [7, 11) is 0. The van der Waals surface area contributed by atoms with Crippen molar-refractivity contribution in [3.05, 3.63) is 58.0 Å². The van der Waals surface area contributed by atoms with Gasteiger partial charge in [-0.2, -0.15) is 11.3 Å². The number of benzene rings is 1. The Morgan fingerprint density at radius 2 is 2.26 bits per heavy atom. The van der Waals surface area contributed by atoms with Gasteiger partial charge in [0.1, 0.15) is 5.69 Å². The lowest BCUT2D eigenvalue weighted by Crippen LogP contribution is -2.22. The third kappa shape index (κ3) is 2.86. The van der Waals surface area contributed by atoms with Crippen molar-refractivity contribution in [3.63, 3.8) is 0 Å². The number of aromatic nitrogens is 4. The van der Waals surface area contributed by atoms with Crippen LogP contribution in [-0.4, -0.2) is 25.9 Å². The first-order chi connectivity index (χ1) is 11.3. The quantitative estimate of drug-likeness (QED) is 0.619. The summed E-state index contributed by atoms with van der Waals surface area (Å²) in [6.07, 6.45) is 1.81. The van der Waals surface area contributed by atoms with Gasteiger partial charge in [0.2, 0.25) is 0 Å². The Bertz CT molecular complexity index is 957. The van der Waals surface area contributed by atoms with E-state index in [-0.39, 0.29) is 5.91 Å². The number of thiazole rings is 1. The second kappa shape index (κ2) is 5.90. The van der Waals surface area contributed by atoms with Crippen molar-refractivity contribution in [1.82, 2.24) is 25.3 Å². The SMILES string of the molecule is O=C(NCc1cn(-c2ccsc2)nn1)c1ccc2ncsc2c1. The van der Waals surface area contributed by atoms with E-state index in [0.29, 0.717) is 17.8 Å². The molecule has 4 aromatic rings. The Morgan fingerprint density at radius 1 is 1.30 bits per heavy atom. The van der Waals surface area contributed by atoms with Gasteiger partial charge in [-0.1, -0.05) is 5.21 Å². The molecule has 1 N–H and O–H groups in total. The molecule has 0 spiro atoms. The molecule has 0 atom stereocenters. The summed E-state index contributed by atoms with van der Waals surface area (Å²) in [6.45, 7) is 0.337. The number of carbonyl (C=O) groups excluding carboxylic acids is 1. The lowest BCUT2D eigenvalue weighted by molar-refractivity contribution is 0.0950. The highest BCUT2D eigenvalue weighted by atomic mass is 32.1. The van der Waals surface area contributed by atoms with Crippen molar-refractivity contribution in [2.75, 3.05) is 0 Å². The molecule has 0 radical (unpaired) electrons. The molecule has 0 saturated heterocycles. The van der Waals surface area contributed by atoms with Gasteiger partial charge in [-0.3, -0.25) is 4.79 Å². The molecule has 1 aromatic carbocycles. The van der Waals surface area contributed by atoms with Gasteiger partial charge in [-0.15, -0.1) is 16.4 Å². The minimum atomic E-state index is -0.134. The number of hydrogen-bond acceptors (Lipinski definition) is 6. The topological polar surface area (TPSA) is 72.7 Å². The van der Waals surface area contributed by atoms with Crippen LogP contribution < -0.4 is 5.32 Å². The first-order valence-corrected chi connectivity index (χ1v) is 8.67. The first-order valence-electron chi connectivity index (χ1n) is 6.85. The molecular weight excluding hydrogens is 330 g/mol. The van der Waals surface area contributed by atoms with Gasteiger partial charge >= 0.3 is 0 Å². The Kier molecular flexibility index (Phi) is 3.60. The lowest BCUT2D eigenvalue weighted by Gasteiger charge is -2.02. The van der Waals surface area contributed by atoms with Crippen molar-refractivity contribution in [1.29, 1.82) is 0 Å². The molecule has 6 nitrogen and oxygen atoms in total. The van der Waals surface area contributed by atoms with E-state index in [4.69, 9.17) is 0 Å².